The van der Waals surface area contributed by atoms with Gasteiger partial charge in [-0.3, -0.25) is 9.79 Å². The number of para-hydroxylation sites is 1. The fourth-order valence-electron chi connectivity index (χ4n) is 2.53. The predicted molar refractivity (Wildman–Crippen MR) is 121 cm³/mol. The monoisotopic (exact) mass is 491 g/mol. The van der Waals surface area contributed by atoms with Gasteiger partial charge in [0.1, 0.15) is 5.75 Å². The minimum Gasteiger partial charge on any atom is -0.494 e. The normalized spacial score (nSPS) is 10.7. The van der Waals surface area contributed by atoms with E-state index in [1.165, 1.54) is 0 Å². The molecule has 1 rings (SSSR count). The first-order valence-electron chi connectivity index (χ1n) is 9.52. The molecule has 0 aliphatic rings. The second kappa shape index (κ2) is 16.6. The third-order valence-electron chi connectivity index (χ3n) is 3.85. The predicted octanol–water partition coefficient (Wildman–Crippen LogP) is 3.88. The average molecular weight is 491 g/mol. The molecule has 0 heterocycles. The molecular formula is C20H34IN3O3. The molecule has 6 nitrogen and oxygen atoms in total. The van der Waals surface area contributed by atoms with Crippen molar-refractivity contribution in [3.05, 3.63) is 29.8 Å². The Labute approximate surface area is 180 Å². The number of benzene rings is 1. The largest absolute Gasteiger partial charge is 0.494 e. The van der Waals surface area contributed by atoms with Crippen LogP contribution in [0.4, 0.5) is 0 Å². The maximum atomic E-state index is 11.2. The molecule has 0 bridgehead atoms. The molecule has 0 radical (unpaired) electrons. The zero-order chi connectivity index (χ0) is 19.0. The molecule has 0 aliphatic carbocycles. The van der Waals surface area contributed by atoms with Gasteiger partial charge in [-0.1, -0.05) is 31.0 Å². The van der Waals surface area contributed by atoms with Crippen molar-refractivity contribution in [2.45, 2.75) is 52.5 Å². The first-order chi connectivity index (χ1) is 12.7. The van der Waals surface area contributed by atoms with Crippen molar-refractivity contribution in [1.29, 1.82) is 0 Å². The van der Waals surface area contributed by atoms with Crippen LogP contribution >= 0.6 is 24.0 Å². The highest BCUT2D eigenvalue weighted by atomic mass is 127. The van der Waals surface area contributed by atoms with Gasteiger partial charge in [0.2, 0.25) is 0 Å². The molecule has 2 N–H and O–H groups in total. The van der Waals surface area contributed by atoms with E-state index >= 15 is 0 Å². The van der Waals surface area contributed by atoms with Gasteiger partial charge in [0.15, 0.2) is 5.96 Å². The molecule has 0 saturated heterocycles. The summed E-state index contributed by atoms with van der Waals surface area (Å²) in [4.78, 5) is 15.5. The molecule has 154 valence electrons. The highest BCUT2D eigenvalue weighted by molar-refractivity contribution is 14.0. The number of unbranched alkanes of at least 4 members (excludes halogenated alkanes) is 3. The zero-order valence-electron chi connectivity index (χ0n) is 16.8. The summed E-state index contributed by atoms with van der Waals surface area (Å²) in [7, 11) is 1.77. The Kier molecular flexibility index (Phi) is 15.7. The second-order valence-corrected chi connectivity index (χ2v) is 5.86. The zero-order valence-corrected chi connectivity index (χ0v) is 19.1. The molecule has 0 fully saturated rings. The van der Waals surface area contributed by atoms with Crippen LogP contribution in [0.3, 0.4) is 0 Å². The molecule has 0 aliphatic heterocycles. The van der Waals surface area contributed by atoms with E-state index in [4.69, 9.17) is 9.47 Å². The van der Waals surface area contributed by atoms with Crippen molar-refractivity contribution in [2.24, 2.45) is 4.99 Å². The van der Waals surface area contributed by atoms with Gasteiger partial charge in [-0.05, 0) is 32.8 Å². The topological polar surface area (TPSA) is 72.0 Å². The van der Waals surface area contributed by atoms with E-state index in [2.05, 4.69) is 21.7 Å². The van der Waals surface area contributed by atoms with E-state index in [0.29, 0.717) is 26.2 Å². The number of carbonyl (C=O) groups excluding carboxylic acids is 1. The summed E-state index contributed by atoms with van der Waals surface area (Å²) in [5.41, 5.74) is 1.11. The summed E-state index contributed by atoms with van der Waals surface area (Å²) in [5.74, 6) is 1.59. The minimum absolute atomic E-state index is 0. The summed E-state index contributed by atoms with van der Waals surface area (Å²) in [6, 6.07) is 8.01. The quantitative estimate of drug-likeness (QED) is 0.153. The van der Waals surface area contributed by atoms with Crippen molar-refractivity contribution < 1.29 is 14.3 Å². The molecule has 0 saturated carbocycles. The van der Waals surface area contributed by atoms with Crippen molar-refractivity contribution in [3.8, 4) is 5.75 Å². The Morgan fingerprint density at radius 3 is 2.48 bits per heavy atom. The smallest absolute Gasteiger partial charge is 0.305 e. The Morgan fingerprint density at radius 2 is 1.78 bits per heavy atom. The second-order valence-electron chi connectivity index (χ2n) is 5.86. The number of rotatable bonds is 12. The van der Waals surface area contributed by atoms with Gasteiger partial charge >= 0.3 is 5.97 Å². The third kappa shape index (κ3) is 11.7. The number of hydrogen-bond acceptors (Lipinski definition) is 4. The van der Waals surface area contributed by atoms with E-state index in [9.17, 15) is 4.79 Å². The van der Waals surface area contributed by atoms with E-state index in [1.807, 2.05) is 32.0 Å². The maximum absolute atomic E-state index is 11.2. The highest BCUT2D eigenvalue weighted by Crippen LogP contribution is 2.17. The van der Waals surface area contributed by atoms with Crippen LogP contribution in [-0.4, -0.2) is 38.7 Å². The number of guanidine groups is 1. The van der Waals surface area contributed by atoms with Crippen molar-refractivity contribution in [3.63, 3.8) is 0 Å². The van der Waals surface area contributed by atoms with Gasteiger partial charge in [0.05, 0.1) is 13.2 Å². The van der Waals surface area contributed by atoms with E-state index < -0.39 is 0 Å². The molecule has 1 aromatic rings. The number of ether oxygens (including phenoxy) is 2. The maximum Gasteiger partial charge on any atom is 0.305 e. The Balaban J connectivity index is 0.00000676. The molecule has 7 heteroatoms. The number of aliphatic imine (C=N–C) groups is 1. The third-order valence-corrected chi connectivity index (χ3v) is 3.85. The summed E-state index contributed by atoms with van der Waals surface area (Å²) in [6.07, 6.45) is 4.56. The summed E-state index contributed by atoms with van der Waals surface area (Å²) >= 11 is 0. The fraction of sp³-hybridized carbons (Fsp3) is 0.600. The number of halogens is 1. The lowest BCUT2D eigenvalue weighted by Gasteiger charge is -2.14. The molecule has 0 unspecified atom stereocenters. The minimum atomic E-state index is -0.0949. The van der Waals surface area contributed by atoms with Gasteiger partial charge in [-0.2, -0.15) is 0 Å². The fourth-order valence-corrected chi connectivity index (χ4v) is 2.53. The number of esters is 1. The number of carbonyl (C=O) groups is 1. The average Bonchev–Trinajstić information content (AvgIpc) is 2.65. The van der Waals surface area contributed by atoms with E-state index in [1.54, 1.807) is 7.05 Å². The SMILES string of the molecule is CCOC(=O)CCCCCCNC(=NC)NCc1ccccc1OCC.I. The van der Waals surface area contributed by atoms with Crippen LogP contribution in [0.2, 0.25) is 0 Å². The van der Waals surface area contributed by atoms with Crippen LogP contribution in [0.25, 0.3) is 0 Å². The molecular weight excluding hydrogens is 457 g/mol. The van der Waals surface area contributed by atoms with Crippen LogP contribution in [0, 0.1) is 0 Å². The van der Waals surface area contributed by atoms with Gasteiger partial charge < -0.3 is 20.1 Å². The van der Waals surface area contributed by atoms with Crippen LogP contribution < -0.4 is 15.4 Å². The van der Waals surface area contributed by atoms with Crippen LogP contribution in [0.15, 0.2) is 29.3 Å². The summed E-state index contributed by atoms with van der Waals surface area (Å²) < 4.78 is 10.6. The first-order valence-corrected chi connectivity index (χ1v) is 9.52. The number of hydrogen-bond donors (Lipinski definition) is 2. The lowest BCUT2D eigenvalue weighted by atomic mass is 10.1. The lowest BCUT2D eigenvalue weighted by molar-refractivity contribution is -0.143. The number of nitrogens with one attached hydrogen (secondary N) is 2. The Bertz CT molecular complexity index is 553. The summed E-state index contributed by atoms with van der Waals surface area (Å²) in [6.45, 7) is 6.45. The molecule has 0 aromatic heterocycles. The summed E-state index contributed by atoms with van der Waals surface area (Å²) in [5, 5.41) is 6.63. The Hall–Kier alpha value is -1.51. The Morgan fingerprint density at radius 1 is 1.04 bits per heavy atom. The highest BCUT2D eigenvalue weighted by Gasteiger charge is 2.04. The first kappa shape index (κ1) is 25.5. The van der Waals surface area contributed by atoms with Crippen molar-refractivity contribution in [1.82, 2.24) is 10.6 Å². The molecule has 0 atom stereocenters. The van der Waals surface area contributed by atoms with Gasteiger partial charge in [0.25, 0.3) is 0 Å². The van der Waals surface area contributed by atoms with E-state index in [-0.39, 0.29) is 29.9 Å². The molecule has 0 spiro atoms. The van der Waals surface area contributed by atoms with Crippen LogP contribution in [0.5, 0.6) is 5.75 Å². The van der Waals surface area contributed by atoms with Gasteiger partial charge in [-0.25, -0.2) is 0 Å². The number of nitrogens with zero attached hydrogens (tertiary/aromatic N) is 1. The van der Waals surface area contributed by atoms with Gasteiger partial charge in [-0.15, -0.1) is 24.0 Å². The van der Waals surface area contributed by atoms with Gasteiger partial charge in [0, 0.05) is 32.1 Å². The molecule has 1 aromatic carbocycles. The van der Waals surface area contributed by atoms with E-state index in [0.717, 1.165) is 49.5 Å². The molecule has 0 amide bonds. The van der Waals surface area contributed by atoms with Crippen LogP contribution in [-0.2, 0) is 16.1 Å². The van der Waals surface area contributed by atoms with Crippen LogP contribution in [0.1, 0.15) is 51.5 Å². The van der Waals surface area contributed by atoms with Crippen molar-refractivity contribution in [2.75, 3.05) is 26.8 Å². The lowest BCUT2D eigenvalue weighted by Crippen LogP contribution is -2.37. The molecule has 27 heavy (non-hydrogen) atoms. The van der Waals surface area contributed by atoms with Crippen molar-refractivity contribution >= 4 is 35.9 Å². The standard InChI is InChI=1S/C20H33N3O3.HI/c1-4-25-18-13-10-9-12-17(18)16-23-20(21-3)22-15-11-7-6-8-14-19(24)26-5-2;/h9-10,12-13H,4-8,11,14-16H2,1-3H3,(H2,21,22,23);1H.